The Morgan fingerprint density at radius 2 is 1.66 bits per heavy atom. The molecule has 29 heavy (non-hydrogen) atoms. The lowest BCUT2D eigenvalue weighted by molar-refractivity contribution is 0.0975. The van der Waals surface area contributed by atoms with Gasteiger partial charge in [-0.15, -0.1) is 0 Å². The second-order valence-electron chi connectivity index (χ2n) is 7.18. The van der Waals surface area contributed by atoms with Crippen LogP contribution in [0.15, 0.2) is 72.8 Å². The van der Waals surface area contributed by atoms with Gasteiger partial charge in [0.25, 0.3) is 5.91 Å². The quantitative estimate of drug-likeness (QED) is 0.675. The monoisotopic (exact) mass is 387 g/mol. The molecule has 3 aromatic rings. The third-order valence-corrected chi connectivity index (χ3v) is 5.08. The van der Waals surface area contributed by atoms with Gasteiger partial charge >= 0.3 is 0 Å². The average molecular weight is 387 g/mol. The first-order valence-electron chi connectivity index (χ1n) is 9.77. The number of hydrogen-bond donors (Lipinski definition) is 1. The Bertz CT molecular complexity index is 997. The van der Waals surface area contributed by atoms with Crippen molar-refractivity contribution < 1.29 is 9.53 Å². The highest BCUT2D eigenvalue weighted by atomic mass is 16.5. The highest BCUT2D eigenvalue weighted by Gasteiger charge is 2.34. The van der Waals surface area contributed by atoms with E-state index in [2.05, 4.69) is 34.5 Å². The third kappa shape index (κ3) is 3.63. The molecular formula is C24H25N3O2. The molecular weight excluding hydrogens is 362 g/mol. The summed E-state index contributed by atoms with van der Waals surface area (Å²) in [5.74, 6) is 0.770. The molecule has 4 rings (SSSR count). The number of anilines is 3. The standard InChI is InChI=1S/C24H25N3O2/c1-4-29-20-15-13-19(14-16-20)27-23(17-9-11-18(12-10-17)26(2)3)25-22-8-6-5-7-21(22)24(27)28/h5-16,23,25H,4H2,1-3H3/t23-/m0/s1. The van der Waals surface area contributed by atoms with Gasteiger partial charge in [0.2, 0.25) is 0 Å². The zero-order valence-corrected chi connectivity index (χ0v) is 16.9. The topological polar surface area (TPSA) is 44.8 Å². The van der Waals surface area contributed by atoms with Gasteiger partial charge in [-0.25, -0.2) is 0 Å². The minimum Gasteiger partial charge on any atom is -0.494 e. The second kappa shape index (κ2) is 7.87. The molecule has 0 unspecified atom stereocenters. The van der Waals surface area contributed by atoms with E-state index in [-0.39, 0.29) is 12.1 Å². The smallest absolute Gasteiger partial charge is 0.262 e. The Morgan fingerprint density at radius 3 is 2.31 bits per heavy atom. The Morgan fingerprint density at radius 1 is 0.966 bits per heavy atom. The number of carbonyl (C=O) groups excluding carboxylic acids is 1. The SMILES string of the molecule is CCOc1ccc(N2C(=O)c3ccccc3N[C@@H]2c2ccc(N(C)C)cc2)cc1. The predicted molar refractivity (Wildman–Crippen MR) is 118 cm³/mol. The minimum atomic E-state index is -0.299. The van der Waals surface area contributed by atoms with Crippen molar-refractivity contribution in [2.45, 2.75) is 13.1 Å². The summed E-state index contributed by atoms with van der Waals surface area (Å²) in [4.78, 5) is 17.3. The van der Waals surface area contributed by atoms with Crippen LogP contribution in [0.4, 0.5) is 17.1 Å². The van der Waals surface area contributed by atoms with E-state index in [4.69, 9.17) is 4.74 Å². The summed E-state index contributed by atoms with van der Waals surface area (Å²) >= 11 is 0. The molecule has 0 fully saturated rings. The van der Waals surface area contributed by atoms with Gasteiger partial charge in [0, 0.05) is 31.2 Å². The van der Waals surface area contributed by atoms with Crippen LogP contribution in [0.3, 0.4) is 0 Å². The molecule has 1 amide bonds. The number of carbonyl (C=O) groups is 1. The summed E-state index contributed by atoms with van der Waals surface area (Å²) in [7, 11) is 4.03. The summed E-state index contributed by atoms with van der Waals surface area (Å²) in [6.45, 7) is 2.56. The average Bonchev–Trinajstić information content (AvgIpc) is 2.75. The van der Waals surface area contributed by atoms with E-state index in [0.717, 1.165) is 28.4 Å². The van der Waals surface area contributed by atoms with Crippen LogP contribution in [0.5, 0.6) is 5.75 Å². The van der Waals surface area contributed by atoms with Crippen molar-refractivity contribution in [3.8, 4) is 5.75 Å². The summed E-state index contributed by atoms with van der Waals surface area (Å²) in [5, 5.41) is 3.54. The first-order chi connectivity index (χ1) is 14.1. The normalized spacial score (nSPS) is 15.5. The van der Waals surface area contributed by atoms with Crippen LogP contribution in [0.1, 0.15) is 29.0 Å². The maximum absolute atomic E-state index is 13.4. The van der Waals surface area contributed by atoms with Crippen LogP contribution >= 0.6 is 0 Å². The first-order valence-corrected chi connectivity index (χ1v) is 9.77. The molecule has 1 heterocycles. The van der Waals surface area contributed by atoms with Crippen LogP contribution in [-0.2, 0) is 0 Å². The van der Waals surface area contributed by atoms with Crippen molar-refractivity contribution >= 4 is 23.0 Å². The second-order valence-corrected chi connectivity index (χ2v) is 7.18. The Kier molecular flexibility index (Phi) is 5.12. The fourth-order valence-corrected chi connectivity index (χ4v) is 3.58. The first kappa shape index (κ1) is 18.9. The van der Waals surface area contributed by atoms with Gasteiger partial charge in [-0.2, -0.15) is 0 Å². The molecule has 0 saturated heterocycles. The molecule has 0 aliphatic carbocycles. The van der Waals surface area contributed by atoms with Crippen molar-refractivity contribution in [1.82, 2.24) is 0 Å². The molecule has 0 bridgehead atoms. The van der Waals surface area contributed by atoms with Crippen molar-refractivity contribution in [2.75, 3.05) is 35.8 Å². The lowest BCUT2D eigenvalue weighted by Gasteiger charge is -2.38. The van der Waals surface area contributed by atoms with Crippen LogP contribution in [0.2, 0.25) is 0 Å². The zero-order valence-electron chi connectivity index (χ0n) is 16.9. The highest BCUT2D eigenvalue weighted by molar-refractivity contribution is 6.12. The lowest BCUT2D eigenvalue weighted by Crippen LogP contribution is -2.43. The maximum atomic E-state index is 13.4. The number of ether oxygens (including phenoxy) is 1. The predicted octanol–water partition coefficient (Wildman–Crippen LogP) is 4.92. The van der Waals surface area contributed by atoms with Crippen LogP contribution in [-0.4, -0.2) is 26.6 Å². The van der Waals surface area contributed by atoms with Gasteiger partial charge in [-0.3, -0.25) is 9.69 Å². The van der Waals surface area contributed by atoms with Gasteiger partial charge in [-0.1, -0.05) is 24.3 Å². The Hall–Kier alpha value is -3.47. The third-order valence-electron chi connectivity index (χ3n) is 5.08. The number of benzene rings is 3. The van der Waals surface area contributed by atoms with Crippen LogP contribution in [0.25, 0.3) is 0 Å². The number of hydrogen-bond acceptors (Lipinski definition) is 4. The van der Waals surface area contributed by atoms with E-state index in [1.807, 2.05) is 74.4 Å². The van der Waals surface area contributed by atoms with E-state index >= 15 is 0 Å². The van der Waals surface area contributed by atoms with Crippen LogP contribution < -0.4 is 19.9 Å². The number of para-hydroxylation sites is 1. The van der Waals surface area contributed by atoms with Gasteiger partial charge in [0.05, 0.1) is 12.2 Å². The minimum absolute atomic E-state index is 0.0230. The molecule has 1 aliphatic heterocycles. The largest absolute Gasteiger partial charge is 0.494 e. The van der Waals surface area contributed by atoms with Gasteiger partial charge in [0.1, 0.15) is 11.9 Å². The molecule has 5 heteroatoms. The molecule has 148 valence electrons. The number of rotatable bonds is 5. The summed E-state index contributed by atoms with van der Waals surface area (Å²) in [6, 6.07) is 23.6. The number of amides is 1. The molecule has 1 aliphatic rings. The molecule has 3 aromatic carbocycles. The molecule has 1 atom stereocenters. The maximum Gasteiger partial charge on any atom is 0.262 e. The van der Waals surface area contributed by atoms with E-state index in [1.165, 1.54) is 0 Å². The molecule has 1 N–H and O–H groups in total. The van der Waals surface area contributed by atoms with Gasteiger partial charge < -0.3 is 15.0 Å². The molecule has 0 saturated carbocycles. The molecule has 0 spiro atoms. The van der Waals surface area contributed by atoms with Crippen molar-refractivity contribution in [3.63, 3.8) is 0 Å². The Labute approximate surface area is 171 Å². The van der Waals surface area contributed by atoms with E-state index in [9.17, 15) is 4.79 Å². The fourth-order valence-electron chi connectivity index (χ4n) is 3.58. The summed E-state index contributed by atoms with van der Waals surface area (Å²) in [5.41, 5.74) is 4.47. The number of nitrogens with one attached hydrogen (secondary N) is 1. The summed E-state index contributed by atoms with van der Waals surface area (Å²) < 4.78 is 5.55. The molecule has 5 nitrogen and oxygen atoms in total. The van der Waals surface area contributed by atoms with Crippen molar-refractivity contribution in [1.29, 1.82) is 0 Å². The van der Waals surface area contributed by atoms with Gasteiger partial charge in [0.15, 0.2) is 0 Å². The van der Waals surface area contributed by atoms with E-state index < -0.39 is 0 Å². The number of fused-ring (bicyclic) bond motifs is 1. The van der Waals surface area contributed by atoms with Crippen LogP contribution in [0, 0.1) is 0 Å². The van der Waals surface area contributed by atoms with E-state index in [1.54, 1.807) is 0 Å². The van der Waals surface area contributed by atoms with E-state index in [0.29, 0.717) is 12.2 Å². The number of nitrogens with zero attached hydrogens (tertiary/aromatic N) is 2. The highest BCUT2D eigenvalue weighted by Crippen LogP contribution is 2.37. The lowest BCUT2D eigenvalue weighted by atomic mass is 10.0. The molecule has 0 aromatic heterocycles. The van der Waals surface area contributed by atoms with Crippen molar-refractivity contribution in [3.05, 3.63) is 83.9 Å². The zero-order chi connectivity index (χ0) is 20.4. The van der Waals surface area contributed by atoms with Crippen molar-refractivity contribution in [2.24, 2.45) is 0 Å². The fraction of sp³-hybridized carbons (Fsp3) is 0.208. The summed E-state index contributed by atoms with van der Waals surface area (Å²) in [6.07, 6.45) is -0.299. The van der Waals surface area contributed by atoms with Gasteiger partial charge in [-0.05, 0) is 61.0 Å². The molecule has 0 radical (unpaired) electrons. The Balaban J connectivity index is 1.76.